The van der Waals surface area contributed by atoms with Crippen molar-refractivity contribution in [1.29, 1.82) is 0 Å². The van der Waals surface area contributed by atoms with Gasteiger partial charge in [0.25, 0.3) is 0 Å². The third kappa shape index (κ3) is 2.04. The summed E-state index contributed by atoms with van der Waals surface area (Å²) >= 11 is 0. The highest BCUT2D eigenvalue weighted by molar-refractivity contribution is 5.70. The van der Waals surface area contributed by atoms with E-state index in [0.29, 0.717) is 0 Å². The Labute approximate surface area is 56.8 Å². The van der Waals surface area contributed by atoms with Gasteiger partial charge in [0.05, 0.1) is 6.61 Å². The molecule has 0 aliphatic rings. The summed E-state index contributed by atoms with van der Waals surface area (Å²) in [5.74, 6) is -1.89. The topological polar surface area (TPSA) is 98.0 Å². The van der Waals surface area contributed by atoms with Gasteiger partial charge in [0.15, 0.2) is 17.8 Å². The van der Waals surface area contributed by atoms with Crippen LogP contribution in [-0.4, -0.2) is 39.4 Å². The molecule has 5 heteroatoms. The molecular weight excluding hydrogens is 140 g/mol. The highest BCUT2D eigenvalue weighted by Crippen LogP contribution is 1.99. The van der Waals surface area contributed by atoms with E-state index in [-0.39, 0.29) is 6.29 Å². The smallest absolute Gasteiger partial charge is 0.196 e. The summed E-state index contributed by atoms with van der Waals surface area (Å²) in [6.45, 7) is -0.746. The molecule has 0 saturated heterocycles. The van der Waals surface area contributed by atoms with E-state index in [2.05, 4.69) is 0 Å². The van der Waals surface area contributed by atoms with Gasteiger partial charge < -0.3 is 20.4 Å². The summed E-state index contributed by atoms with van der Waals surface area (Å²) in [6, 6.07) is 0. The van der Waals surface area contributed by atoms with Crippen LogP contribution in [0.2, 0.25) is 0 Å². The van der Waals surface area contributed by atoms with Gasteiger partial charge in [-0.05, 0) is 0 Å². The van der Waals surface area contributed by atoms with Crippen molar-refractivity contribution in [1.82, 2.24) is 0 Å². The van der Waals surface area contributed by atoms with Gasteiger partial charge in [-0.15, -0.1) is 0 Å². The summed E-state index contributed by atoms with van der Waals surface area (Å²) < 4.78 is 0. The normalized spacial score (nSPS) is 15.8. The van der Waals surface area contributed by atoms with E-state index in [4.69, 9.17) is 20.4 Å². The summed E-state index contributed by atoms with van der Waals surface area (Å²) in [5, 5.41) is 33.7. The molecule has 0 radical (unpaired) electrons. The fourth-order valence-electron chi connectivity index (χ4n) is 0.318. The SMILES string of the molecule is O=C/C(O)=C(\O)C(O)CO. The van der Waals surface area contributed by atoms with E-state index in [1.54, 1.807) is 0 Å². The summed E-state index contributed by atoms with van der Waals surface area (Å²) in [7, 11) is 0. The van der Waals surface area contributed by atoms with Gasteiger partial charge >= 0.3 is 0 Å². The number of hydrogen-bond acceptors (Lipinski definition) is 5. The Kier molecular flexibility index (Phi) is 3.45. The fourth-order valence-corrected chi connectivity index (χ4v) is 0.318. The number of aliphatic hydroxyl groups is 4. The third-order valence-corrected chi connectivity index (χ3v) is 0.863. The minimum atomic E-state index is -1.59. The molecule has 0 rings (SSSR count). The molecule has 0 aromatic rings. The molecule has 5 nitrogen and oxygen atoms in total. The molecule has 0 aliphatic heterocycles. The molecule has 0 bridgehead atoms. The molecule has 0 amide bonds. The molecular formula is C5H8O5. The number of allylic oxidation sites excluding steroid dienone is 1. The van der Waals surface area contributed by atoms with Gasteiger partial charge in [-0.2, -0.15) is 0 Å². The fraction of sp³-hybridized carbons (Fsp3) is 0.400. The van der Waals surface area contributed by atoms with Crippen molar-refractivity contribution < 1.29 is 25.2 Å². The molecule has 0 fully saturated rings. The maximum absolute atomic E-state index is 9.71. The van der Waals surface area contributed by atoms with E-state index in [1.807, 2.05) is 0 Å². The van der Waals surface area contributed by atoms with E-state index in [0.717, 1.165) is 0 Å². The standard InChI is InChI=1S/C5H8O5/c6-1-3(8)5(10)4(9)2-7/h1,4,7-10H,2H2/b5-3+. The van der Waals surface area contributed by atoms with Crippen molar-refractivity contribution in [3.05, 3.63) is 11.5 Å². The first-order valence-corrected chi connectivity index (χ1v) is 2.49. The lowest BCUT2D eigenvalue weighted by Crippen LogP contribution is -2.17. The minimum absolute atomic E-state index is 0.0335. The Balaban J connectivity index is 4.29. The second-order valence-electron chi connectivity index (χ2n) is 1.59. The maximum atomic E-state index is 9.71. The van der Waals surface area contributed by atoms with Crippen LogP contribution in [0.25, 0.3) is 0 Å². The number of aliphatic hydroxyl groups excluding tert-OH is 4. The zero-order valence-corrected chi connectivity index (χ0v) is 5.06. The van der Waals surface area contributed by atoms with Crippen molar-refractivity contribution >= 4 is 6.29 Å². The van der Waals surface area contributed by atoms with Crippen LogP contribution in [0, 0.1) is 0 Å². The Morgan fingerprint density at radius 1 is 1.50 bits per heavy atom. The van der Waals surface area contributed by atoms with Crippen molar-refractivity contribution in [3.63, 3.8) is 0 Å². The van der Waals surface area contributed by atoms with Crippen molar-refractivity contribution in [2.24, 2.45) is 0 Å². The van der Waals surface area contributed by atoms with Gasteiger partial charge in [0, 0.05) is 0 Å². The van der Waals surface area contributed by atoms with Crippen LogP contribution in [0.5, 0.6) is 0 Å². The number of carbonyl (C=O) groups excluding carboxylic acids is 1. The van der Waals surface area contributed by atoms with Crippen LogP contribution in [0.4, 0.5) is 0 Å². The van der Waals surface area contributed by atoms with Gasteiger partial charge in [0.2, 0.25) is 0 Å². The number of hydrogen-bond donors (Lipinski definition) is 4. The number of carbonyl (C=O) groups is 1. The van der Waals surface area contributed by atoms with E-state index >= 15 is 0 Å². The van der Waals surface area contributed by atoms with Crippen LogP contribution in [0.1, 0.15) is 0 Å². The van der Waals surface area contributed by atoms with Gasteiger partial charge in [-0.3, -0.25) is 4.79 Å². The zero-order chi connectivity index (χ0) is 8.15. The predicted molar refractivity (Wildman–Crippen MR) is 31.4 cm³/mol. The Bertz CT molecular complexity index is 150. The molecule has 0 saturated carbocycles. The highest BCUT2D eigenvalue weighted by atomic mass is 16.4. The minimum Gasteiger partial charge on any atom is -0.506 e. The number of rotatable bonds is 3. The molecule has 0 heterocycles. The zero-order valence-electron chi connectivity index (χ0n) is 5.06. The van der Waals surface area contributed by atoms with Crippen LogP contribution in [0.3, 0.4) is 0 Å². The van der Waals surface area contributed by atoms with Gasteiger partial charge in [0.1, 0.15) is 6.10 Å². The lowest BCUT2D eigenvalue weighted by Gasteiger charge is -2.04. The number of aldehydes is 1. The molecule has 1 atom stereocenters. The van der Waals surface area contributed by atoms with Gasteiger partial charge in [-0.25, -0.2) is 0 Å². The van der Waals surface area contributed by atoms with Crippen LogP contribution in [-0.2, 0) is 4.79 Å². The molecule has 0 aromatic carbocycles. The first kappa shape index (κ1) is 8.93. The molecule has 58 valence electrons. The first-order valence-electron chi connectivity index (χ1n) is 2.49. The van der Waals surface area contributed by atoms with Crippen LogP contribution < -0.4 is 0 Å². The van der Waals surface area contributed by atoms with Crippen molar-refractivity contribution in [3.8, 4) is 0 Å². The molecule has 0 spiro atoms. The lowest BCUT2D eigenvalue weighted by molar-refractivity contribution is -0.107. The lowest BCUT2D eigenvalue weighted by atomic mass is 10.3. The Morgan fingerprint density at radius 2 is 2.00 bits per heavy atom. The molecule has 0 aromatic heterocycles. The quantitative estimate of drug-likeness (QED) is 0.230. The van der Waals surface area contributed by atoms with Crippen LogP contribution >= 0.6 is 0 Å². The largest absolute Gasteiger partial charge is 0.506 e. The second-order valence-corrected chi connectivity index (χ2v) is 1.59. The van der Waals surface area contributed by atoms with Crippen LogP contribution in [0.15, 0.2) is 11.5 Å². The molecule has 0 aliphatic carbocycles. The average molecular weight is 148 g/mol. The van der Waals surface area contributed by atoms with E-state index in [9.17, 15) is 4.79 Å². The van der Waals surface area contributed by atoms with E-state index < -0.39 is 24.2 Å². The maximum Gasteiger partial charge on any atom is 0.196 e. The van der Waals surface area contributed by atoms with Crippen molar-refractivity contribution in [2.75, 3.05) is 6.61 Å². The first-order chi connectivity index (χ1) is 4.63. The Morgan fingerprint density at radius 3 is 2.30 bits per heavy atom. The molecule has 4 N–H and O–H groups in total. The summed E-state index contributed by atoms with van der Waals surface area (Å²) in [4.78, 5) is 9.71. The Hall–Kier alpha value is -1.07. The third-order valence-electron chi connectivity index (χ3n) is 0.863. The monoisotopic (exact) mass is 148 g/mol. The van der Waals surface area contributed by atoms with Gasteiger partial charge in [-0.1, -0.05) is 0 Å². The molecule has 10 heavy (non-hydrogen) atoms. The summed E-state index contributed by atoms with van der Waals surface area (Å²) in [6.07, 6.45) is -1.63. The molecule has 1 unspecified atom stereocenters. The summed E-state index contributed by atoms with van der Waals surface area (Å²) in [5.41, 5.74) is 0. The highest BCUT2D eigenvalue weighted by Gasteiger charge is 2.12. The second kappa shape index (κ2) is 3.86. The average Bonchev–Trinajstić information content (AvgIpc) is 2.00. The predicted octanol–water partition coefficient (Wildman–Crippen LogP) is -1.13. The van der Waals surface area contributed by atoms with E-state index in [1.165, 1.54) is 0 Å². The van der Waals surface area contributed by atoms with Crippen molar-refractivity contribution in [2.45, 2.75) is 6.10 Å².